The molecule has 1 aliphatic rings. The summed E-state index contributed by atoms with van der Waals surface area (Å²) in [6.45, 7) is 3.06. The molecule has 126 valence electrons. The summed E-state index contributed by atoms with van der Waals surface area (Å²) in [5, 5.41) is 2.61. The van der Waals surface area contributed by atoms with Crippen LogP contribution < -0.4 is 4.90 Å². The summed E-state index contributed by atoms with van der Waals surface area (Å²) in [6, 6.07) is 10.1. The van der Waals surface area contributed by atoms with Gasteiger partial charge in [0.15, 0.2) is 5.13 Å². The number of nitrogens with zero attached hydrogens (tertiary/aromatic N) is 3. The number of carbonyl (C=O) groups is 2. The van der Waals surface area contributed by atoms with Crippen molar-refractivity contribution in [1.29, 1.82) is 0 Å². The molecule has 6 heteroatoms. The van der Waals surface area contributed by atoms with Gasteiger partial charge in [-0.25, -0.2) is 4.98 Å². The summed E-state index contributed by atoms with van der Waals surface area (Å²) in [5.41, 5.74) is 2.11. The number of aromatic nitrogens is 1. The number of likely N-dealkylation sites (tertiary alicyclic amines) is 1. The number of hydrogen-bond acceptors (Lipinski definition) is 4. The Kier molecular flexibility index (Phi) is 4.94. The number of carbonyl (C=O) groups excluding carboxylic acids is 2. The lowest BCUT2D eigenvalue weighted by Gasteiger charge is -2.19. The molecule has 0 saturated carbocycles. The smallest absolute Gasteiger partial charge is 0.233 e. The van der Waals surface area contributed by atoms with E-state index in [1.165, 1.54) is 16.9 Å². The summed E-state index contributed by atoms with van der Waals surface area (Å²) >= 11 is 1.45. The first-order valence-electron chi connectivity index (χ1n) is 8.06. The average molecular weight is 343 g/mol. The highest BCUT2D eigenvalue weighted by atomic mass is 32.1. The third-order valence-corrected chi connectivity index (χ3v) is 5.34. The monoisotopic (exact) mass is 343 g/mol. The molecule has 0 N–H and O–H groups in total. The largest absolute Gasteiger partial charge is 0.342 e. The second-order valence-corrected chi connectivity index (χ2v) is 6.98. The van der Waals surface area contributed by atoms with E-state index in [0.29, 0.717) is 24.6 Å². The zero-order valence-electron chi connectivity index (χ0n) is 13.9. The normalized spacial score (nSPS) is 17.3. The molecule has 1 atom stereocenters. The number of thiazole rings is 1. The quantitative estimate of drug-likeness (QED) is 0.838. The summed E-state index contributed by atoms with van der Waals surface area (Å²) in [7, 11) is 1.73. The highest BCUT2D eigenvalue weighted by Crippen LogP contribution is 2.25. The van der Waals surface area contributed by atoms with E-state index in [1.54, 1.807) is 16.8 Å². The van der Waals surface area contributed by atoms with E-state index in [2.05, 4.69) is 17.1 Å². The molecule has 5 nitrogen and oxygen atoms in total. The minimum atomic E-state index is -0.275. The Morgan fingerprint density at radius 2 is 2.12 bits per heavy atom. The van der Waals surface area contributed by atoms with Crippen LogP contribution in [-0.2, 0) is 16.0 Å². The Morgan fingerprint density at radius 1 is 1.38 bits per heavy atom. The molecule has 2 amide bonds. The number of rotatable bonds is 5. The summed E-state index contributed by atoms with van der Waals surface area (Å²) in [6.07, 6.45) is 1.11. The van der Waals surface area contributed by atoms with E-state index < -0.39 is 0 Å². The predicted octanol–water partition coefficient (Wildman–Crippen LogP) is 2.51. The van der Waals surface area contributed by atoms with Gasteiger partial charge in [-0.1, -0.05) is 30.3 Å². The minimum Gasteiger partial charge on any atom is -0.342 e. The van der Waals surface area contributed by atoms with E-state index in [4.69, 9.17) is 0 Å². The highest BCUT2D eigenvalue weighted by Gasteiger charge is 2.36. The number of hydrogen-bond donors (Lipinski definition) is 0. The first kappa shape index (κ1) is 16.6. The molecule has 0 aliphatic carbocycles. The van der Waals surface area contributed by atoms with Gasteiger partial charge in [0.05, 0.1) is 11.6 Å². The summed E-state index contributed by atoms with van der Waals surface area (Å²) < 4.78 is 0. The second-order valence-electron chi connectivity index (χ2n) is 6.15. The van der Waals surface area contributed by atoms with Gasteiger partial charge in [0.2, 0.25) is 11.8 Å². The van der Waals surface area contributed by atoms with Gasteiger partial charge in [-0.3, -0.25) is 14.5 Å². The van der Waals surface area contributed by atoms with Crippen LogP contribution in [0, 0.1) is 12.8 Å². The van der Waals surface area contributed by atoms with Gasteiger partial charge in [0, 0.05) is 31.9 Å². The van der Waals surface area contributed by atoms with Gasteiger partial charge in [0.1, 0.15) is 0 Å². The molecule has 0 bridgehead atoms. The Labute approximate surface area is 145 Å². The van der Waals surface area contributed by atoms with Crippen LogP contribution in [0.15, 0.2) is 35.7 Å². The van der Waals surface area contributed by atoms with E-state index in [-0.39, 0.29) is 17.7 Å². The summed E-state index contributed by atoms with van der Waals surface area (Å²) in [5.74, 6) is -0.240. The van der Waals surface area contributed by atoms with Crippen LogP contribution in [0.2, 0.25) is 0 Å². The number of benzene rings is 1. The lowest BCUT2D eigenvalue weighted by Crippen LogP contribution is -2.35. The number of amides is 2. The van der Waals surface area contributed by atoms with Gasteiger partial charge in [-0.2, -0.15) is 0 Å². The van der Waals surface area contributed by atoms with Crippen LogP contribution >= 0.6 is 11.3 Å². The van der Waals surface area contributed by atoms with Gasteiger partial charge in [-0.05, 0) is 18.9 Å². The van der Waals surface area contributed by atoms with Gasteiger partial charge < -0.3 is 4.90 Å². The van der Waals surface area contributed by atoms with E-state index in [9.17, 15) is 9.59 Å². The predicted molar refractivity (Wildman–Crippen MR) is 95.1 cm³/mol. The topological polar surface area (TPSA) is 53.5 Å². The van der Waals surface area contributed by atoms with Crippen molar-refractivity contribution in [3.05, 3.63) is 47.0 Å². The molecule has 1 fully saturated rings. The first-order valence-corrected chi connectivity index (χ1v) is 8.94. The van der Waals surface area contributed by atoms with Crippen LogP contribution in [0.3, 0.4) is 0 Å². The molecule has 0 spiro atoms. The highest BCUT2D eigenvalue weighted by molar-refractivity contribution is 7.14. The molecule has 1 saturated heterocycles. The molecule has 1 aliphatic heterocycles. The van der Waals surface area contributed by atoms with Crippen LogP contribution in [0.25, 0.3) is 0 Å². The van der Waals surface area contributed by atoms with Crippen molar-refractivity contribution in [3.8, 4) is 0 Å². The van der Waals surface area contributed by atoms with Crippen molar-refractivity contribution >= 4 is 28.3 Å². The van der Waals surface area contributed by atoms with Gasteiger partial charge >= 0.3 is 0 Å². The Morgan fingerprint density at radius 3 is 2.79 bits per heavy atom. The Hall–Kier alpha value is -2.21. The van der Waals surface area contributed by atoms with Crippen molar-refractivity contribution in [3.63, 3.8) is 0 Å². The molecule has 0 radical (unpaired) electrons. The van der Waals surface area contributed by atoms with Crippen molar-refractivity contribution in [2.75, 3.05) is 25.0 Å². The first-order chi connectivity index (χ1) is 11.5. The van der Waals surface area contributed by atoms with Crippen LogP contribution in [0.1, 0.15) is 17.7 Å². The maximum Gasteiger partial charge on any atom is 0.233 e. The van der Waals surface area contributed by atoms with Crippen LogP contribution in [0.4, 0.5) is 5.13 Å². The molecule has 1 aromatic heterocycles. The lowest BCUT2D eigenvalue weighted by atomic mass is 10.1. The van der Waals surface area contributed by atoms with Gasteiger partial charge in [0.25, 0.3) is 0 Å². The van der Waals surface area contributed by atoms with Crippen LogP contribution in [-0.4, -0.2) is 41.8 Å². The van der Waals surface area contributed by atoms with Crippen molar-refractivity contribution < 1.29 is 9.59 Å². The van der Waals surface area contributed by atoms with Crippen molar-refractivity contribution in [2.45, 2.75) is 19.8 Å². The fourth-order valence-electron chi connectivity index (χ4n) is 2.93. The second kappa shape index (κ2) is 7.13. The molecule has 24 heavy (non-hydrogen) atoms. The minimum absolute atomic E-state index is 0.0279. The maximum atomic E-state index is 12.6. The number of aryl methyl sites for hydroxylation is 1. The SMILES string of the molecule is Cc1csc(N(C)C(=O)[C@H]2CC(=O)N(CCc3ccccc3)C2)n1. The van der Waals surface area contributed by atoms with Crippen LogP contribution in [0.5, 0.6) is 0 Å². The summed E-state index contributed by atoms with van der Waals surface area (Å²) in [4.78, 5) is 32.6. The fraction of sp³-hybridized carbons (Fsp3) is 0.389. The molecule has 1 aromatic carbocycles. The molecular formula is C18H21N3O2S. The fourth-order valence-corrected chi connectivity index (χ4v) is 3.70. The maximum absolute atomic E-state index is 12.6. The molecular weight excluding hydrogens is 322 g/mol. The third kappa shape index (κ3) is 3.64. The van der Waals surface area contributed by atoms with Gasteiger partial charge in [-0.15, -0.1) is 11.3 Å². The molecule has 3 rings (SSSR count). The number of anilines is 1. The molecule has 2 heterocycles. The van der Waals surface area contributed by atoms with Crippen molar-refractivity contribution in [1.82, 2.24) is 9.88 Å². The van der Waals surface area contributed by atoms with E-state index >= 15 is 0 Å². The zero-order valence-corrected chi connectivity index (χ0v) is 14.8. The molecule has 2 aromatic rings. The Bertz CT molecular complexity index is 729. The molecule has 0 unspecified atom stereocenters. The average Bonchev–Trinajstić information content (AvgIpc) is 3.18. The standard InChI is InChI=1S/C18H21N3O2S/c1-13-12-24-18(19-13)20(2)17(23)15-10-16(22)21(11-15)9-8-14-6-4-3-5-7-14/h3-7,12,15H,8-11H2,1-2H3/t15-/m0/s1. The third-order valence-electron chi connectivity index (χ3n) is 4.30. The van der Waals surface area contributed by atoms with E-state index in [1.807, 2.05) is 30.5 Å². The van der Waals surface area contributed by atoms with E-state index in [0.717, 1.165) is 12.1 Å². The zero-order chi connectivity index (χ0) is 17.1. The van der Waals surface area contributed by atoms with Crippen molar-refractivity contribution in [2.24, 2.45) is 5.92 Å². The lowest BCUT2D eigenvalue weighted by molar-refractivity contribution is -0.128. The Balaban J connectivity index is 1.58.